The van der Waals surface area contributed by atoms with Crippen molar-refractivity contribution in [3.8, 4) is 0 Å². The van der Waals surface area contributed by atoms with Crippen molar-refractivity contribution in [2.45, 2.75) is 47.6 Å². The van der Waals surface area contributed by atoms with Gasteiger partial charge in [0.2, 0.25) is 0 Å². The summed E-state index contributed by atoms with van der Waals surface area (Å²) in [6, 6.07) is 0. The second kappa shape index (κ2) is 5.55. The van der Waals surface area contributed by atoms with Crippen LogP contribution in [-0.2, 0) is 33.4 Å². The maximum atomic E-state index is 12.4. The summed E-state index contributed by atoms with van der Waals surface area (Å²) in [7, 11) is -2.61. The molecule has 2 bridgehead atoms. The average Bonchev–Trinajstić information content (AvgIpc) is 3.08. The molecule has 1 heterocycles. The van der Waals surface area contributed by atoms with Crippen molar-refractivity contribution in [2.75, 3.05) is 7.11 Å². The van der Waals surface area contributed by atoms with E-state index in [1.165, 1.54) is 7.11 Å². The quantitative estimate of drug-likeness (QED) is 0.269. The lowest BCUT2D eigenvalue weighted by Crippen LogP contribution is -2.47. The molecule has 0 amide bonds. The lowest BCUT2D eigenvalue weighted by molar-refractivity contribution is -0.164. The van der Waals surface area contributed by atoms with Crippen LogP contribution in [0.4, 0.5) is 0 Å². The van der Waals surface area contributed by atoms with Crippen molar-refractivity contribution in [3.63, 3.8) is 0 Å². The molecule has 1 aliphatic heterocycles. The molecule has 7 atom stereocenters. The highest BCUT2D eigenvalue weighted by Gasteiger charge is 2.72. The molecule has 3 rings (SSSR count). The van der Waals surface area contributed by atoms with Gasteiger partial charge in [0, 0.05) is 11.8 Å². The van der Waals surface area contributed by atoms with Gasteiger partial charge in [0.05, 0.1) is 13.0 Å². The van der Waals surface area contributed by atoms with Gasteiger partial charge in [-0.1, -0.05) is 29.5 Å². The lowest BCUT2D eigenvalue weighted by atomic mass is 9.84. The molecule has 3 aliphatic rings. The number of halogens is 1. The molecule has 23 heavy (non-hydrogen) atoms. The first-order valence-electron chi connectivity index (χ1n) is 7.54. The van der Waals surface area contributed by atoms with Crippen LogP contribution in [0.1, 0.15) is 26.7 Å². The standard InChI is InChI=1S/C14H19IO7S/c1-4-14(2,15)13(17)21-9-6-5-7-10(9)22-23(18,19)11(7)8(6)12(16)20-3/h6-11H,4-5H2,1-3H3. The van der Waals surface area contributed by atoms with E-state index in [4.69, 9.17) is 13.7 Å². The van der Waals surface area contributed by atoms with Crippen molar-refractivity contribution < 1.29 is 31.7 Å². The van der Waals surface area contributed by atoms with E-state index >= 15 is 0 Å². The molecule has 0 radical (unpaired) electrons. The third kappa shape index (κ3) is 2.50. The third-order valence-corrected chi connectivity index (χ3v) is 8.34. The Balaban J connectivity index is 1.90. The Labute approximate surface area is 148 Å². The average molecular weight is 458 g/mol. The minimum absolute atomic E-state index is 0.311. The van der Waals surface area contributed by atoms with Gasteiger partial charge in [-0.05, 0) is 19.8 Å². The molecular weight excluding hydrogens is 439 g/mol. The van der Waals surface area contributed by atoms with Gasteiger partial charge in [0.1, 0.15) is 20.9 Å². The molecule has 2 aliphatic carbocycles. The fraction of sp³-hybridized carbons (Fsp3) is 0.857. The van der Waals surface area contributed by atoms with Gasteiger partial charge in [0.15, 0.2) is 0 Å². The van der Waals surface area contributed by atoms with E-state index in [1.54, 1.807) is 6.92 Å². The summed E-state index contributed by atoms with van der Waals surface area (Å²) in [5.74, 6) is -2.50. The maximum Gasteiger partial charge on any atom is 0.322 e. The summed E-state index contributed by atoms with van der Waals surface area (Å²) in [5.41, 5.74) is 0. The zero-order chi connectivity index (χ0) is 17.2. The second-order valence-corrected chi connectivity index (χ2v) is 10.7. The van der Waals surface area contributed by atoms with Crippen LogP contribution in [0.25, 0.3) is 0 Å². The van der Waals surface area contributed by atoms with Crippen LogP contribution in [-0.4, -0.2) is 48.3 Å². The third-order valence-electron chi connectivity index (χ3n) is 5.33. The fourth-order valence-corrected chi connectivity index (χ4v) is 6.16. The highest BCUT2D eigenvalue weighted by atomic mass is 127. The summed E-state index contributed by atoms with van der Waals surface area (Å²) < 4.78 is 39.3. The van der Waals surface area contributed by atoms with Crippen LogP contribution >= 0.6 is 22.6 Å². The fourth-order valence-electron chi connectivity index (χ4n) is 3.98. The number of fused-ring (bicyclic) bond motifs is 1. The molecule has 0 aromatic heterocycles. The molecule has 0 N–H and O–H groups in total. The molecule has 0 spiro atoms. The smallest absolute Gasteiger partial charge is 0.322 e. The van der Waals surface area contributed by atoms with Crippen molar-refractivity contribution in [1.29, 1.82) is 0 Å². The Hall–Kier alpha value is -0.420. The highest BCUT2D eigenvalue weighted by Crippen LogP contribution is 2.58. The summed E-state index contributed by atoms with van der Waals surface area (Å²) in [6.45, 7) is 3.63. The Bertz CT molecular complexity index is 644. The van der Waals surface area contributed by atoms with E-state index in [0.29, 0.717) is 12.8 Å². The predicted molar refractivity (Wildman–Crippen MR) is 87.3 cm³/mol. The Kier molecular flexibility index (Phi) is 4.20. The molecule has 3 fully saturated rings. The number of carbonyl (C=O) groups excluding carboxylic acids is 2. The van der Waals surface area contributed by atoms with Gasteiger partial charge < -0.3 is 9.47 Å². The molecular formula is C14H19IO7S. The predicted octanol–water partition coefficient (Wildman–Crippen LogP) is 1.04. The van der Waals surface area contributed by atoms with Gasteiger partial charge >= 0.3 is 11.9 Å². The first kappa shape index (κ1) is 17.4. The zero-order valence-electron chi connectivity index (χ0n) is 13.0. The molecule has 130 valence electrons. The van der Waals surface area contributed by atoms with Crippen LogP contribution < -0.4 is 0 Å². The Morgan fingerprint density at radius 2 is 2.00 bits per heavy atom. The summed E-state index contributed by atoms with van der Waals surface area (Å²) in [6.07, 6.45) is -0.314. The van der Waals surface area contributed by atoms with Crippen molar-refractivity contribution in [2.24, 2.45) is 17.8 Å². The summed E-state index contributed by atoms with van der Waals surface area (Å²) in [4.78, 5) is 24.4. The molecule has 7 nitrogen and oxygen atoms in total. The van der Waals surface area contributed by atoms with Gasteiger partial charge in [0.25, 0.3) is 10.1 Å². The molecule has 2 saturated carbocycles. The van der Waals surface area contributed by atoms with Crippen LogP contribution in [0.5, 0.6) is 0 Å². The number of rotatable bonds is 4. The molecule has 0 aromatic carbocycles. The van der Waals surface area contributed by atoms with Crippen molar-refractivity contribution in [3.05, 3.63) is 0 Å². The van der Waals surface area contributed by atoms with Gasteiger partial charge in [-0.2, -0.15) is 8.42 Å². The maximum absolute atomic E-state index is 12.4. The van der Waals surface area contributed by atoms with E-state index in [1.807, 2.05) is 29.5 Å². The number of alkyl halides is 1. The van der Waals surface area contributed by atoms with Crippen LogP contribution in [0.2, 0.25) is 0 Å². The summed E-state index contributed by atoms with van der Waals surface area (Å²) in [5, 5.41) is -0.878. The minimum atomic E-state index is -3.84. The number of carbonyl (C=O) groups is 2. The second-order valence-electron chi connectivity index (χ2n) is 6.55. The van der Waals surface area contributed by atoms with Crippen LogP contribution in [0.15, 0.2) is 0 Å². The Morgan fingerprint density at radius 1 is 1.35 bits per heavy atom. The number of hydrogen-bond acceptors (Lipinski definition) is 7. The summed E-state index contributed by atoms with van der Waals surface area (Å²) >= 11 is 2.02. The first-order valence-corrected chi connectivity index (χ1v) is 10.1. The molecule has 7 unspecified atom stereocenters. The van der Waals surface area contributed by atoms with Gasteiger partial charge in [-0.15, -0.1) is 0 Å². The number of methoxy groups -OCH3 is 1. The van der Waals surface area contributed by atoms with E-state index in [-0.39, 0.29) is 11.8 Å². The zero-order valence-corrected chi connectivity index (χ0v) is 16.0. The normalized spacial score (nSPS) is 42.3. The largest absolute Gasteiger partial charge is 0.469 e. The molecule has 0 aromatic rings. The SMILES string of the molecule is CCC(C)(I)C(=O)OC1C2CC3C1OS(=O)(=O)C3C2C(=O)OC. The van der Waals surface area contributed by atoms with Crippen molar-refractivity contribution in [1.82, 2.24) is 0 Å². The first-order chi connectivity index (χ1) is 10.6. The van der Waals surface area contributed by atoms with Crippen LogP contribution in [0, 0.1) is 17.8 Å². The molecule has 9 heteroatoms. The van der Waals surface area contributed by atoms with Crippen molar-refractivity contribution >= 4 is 44.6 Å². The van der Waals surface area contributed by atoms with E-state index in [0.717, 1.165) is 0 Å². The van der Waals surface area contributed by atoms with Gasteiger partial charge in [-0.25, -0.2) is 0 Å². The van der Waals surface area contributed by atoms with E-state index in [9.17, 15) is 18.0 Å². The van der Waals surface area contributed by atoms with Crippen LogP contribution in [0.3, 0.4) is 0 Å². The molecule has 1 saturated heterocycles. The number of hydrogen-bond donors (Lipinski definition) is 0. The van der Waals surface area contributed by atoms with Gasteiger partial charge in [-0.3, -0.25) is 13.8 Å². The van der Waals surface area contributed by atoms with E-state index < -0.39 is 48.9 Å². The van der Waals surface area contributed by atoms with E-state index in [2.05, 4.69) is 0 Å². The Morgan fingerprint density at radius 3 is 2.57 bits per heavy atom. The topological polar surface area (TPSA) is 96.0 Å². The highest BCUT2D eigenvalue weighted by molar-refractivity contribution is 14.1. The number of ether oxygens (including phenoxy) is 2. The monoisotopic (exact) mass is 458 g/mol. The minimum Gasteiger partial charge on any atom is -0.469 e. The lowest BCUT2D eigenvalue weighted by Gasteiger charge is -2.31. The number of esters is 2.